The van der Waals surface area contributed by atoms with E-state index in [0.29, 0.717) is 18.2 Å². The van der Waals surface area contributed by atoms with Crippen LogP contribution in [0.3, 0.4) is 0 Å². The smallest absolute Gasteiger partial charge is 0.261 e. The molecule has 134 valence electrons. The maximum Gasteiger partial charge on any atom is 0.261 e. The Bertz CT molecular complexity index is 833. The fourth-order valence-corrected chi connectivity index (χ4v) is 3.02. The van der Waals surface area contributed by atoms with Crippen LogP contribution < -0.4 is 14.8 Å². The number of hydrogen-bond donors (Lipinski definition) is 2. The monoisotopic (exact) mass is 363 g/mol. The van der Waals surface area contributed by atoms with Crippen LogP contribution in [0.2, 0.25) is 0 Å². The lowest BCUT2D eigenvalue weighted by molar-refractivity contribution is 0.0948. The Hall–Kier alpha value is -2.61. The molecule has 1 amide bonds. The van der Waals surface area contributed by atoms with Crippen LogP contribution in [0, 0.1) is 5.92 Å². The van der Waals surface area contributed by atoms with Gasteiger partial charge < -0.3 is 10.1 Å². The van der Waals surface area contributed by atoms with Crippen molar-refractivity contribution in [2.75, 3.05) is 18.4 Å². The molecule has 0 saturated heterocycles. The lowest BCUT2D eigenvalue weighted by Gasteiger charge is -2.10. The number of sulfonamides is 1. The molecule has 0 aliphatic carbocycles. The summed E-state index contributed by atoms with van der Waals surface area (Å²) in [4.78, 5) is 16.1. The SMILES string of the molecule is COc1ccc(S(=O)(=O)Nc2cncc(C(=O)NCC(C)C)c2)cc1. The minimum Gasteiger partial charge on any atom is -0.497 e. The van der Waals surface area contributed by atoms with Gasteiger partial charge in [0.2, 0.25) is 0 Å². The fraction of sp³-hybridized carbons (Fsp3) is 0.294. The van der Waals surface area contributed by atoms with Gasteiger partial charge in [-0.1, -0.05) is 13.8 Å². The van der Waals surface area contributed by atoms with Crippen LogP contribution in [0.25, 0.3) is 0 Å². The minimum absolute atomic E-state index is 0.0861. The van der Waals surface area contributed by atoms with Crippen molar-refractivity contribution in [3.05, 3.63) is 48.3 Å². The Labute approximate surface area is 147 Å². The number of nitrogens with one attached hydrogen (secondary N) is 2. The second-order valence-electron chi connectivity index (χ2n) is 5.85. The molecule has 7 nitrogen and oxygen atoms in total. The first-order valence-corrected chi connectivity index (χ1v) is 9.20. The molecule has 0 saturated carbocycles. The molecule has 0 fully saturated rings. The zero-order valence-electron chi connectivity index (χ0n) is 14.3. The predicted octanol–water partition coefficient (Wildman–Crippen LogP) is 2.28. The lowest BCUT2D eigenvalue weighted by Crippen LogP contribution is -2.27. The topological polar surface area (TPSA) is 97.4 Å². The van der Waals surface area contributed by atoms with E-state index in [-0.39, 0.29) is 22.1 Å². The molecule has 1 aromatic heterocycles. The molecule has 1 aromatic carbocycles. The molecule has 1 heterocycles. The molecule has 0 atom stereocenters. The number of anilines is 1. The summed E-state index contributed by atoms with van der Waals surface area (Å²) in [5.41, 5.74) is 0.503. The summed E-state index contributed by atoms with van der Waals surface area (Å²) in [5, 5.41) is 2.76. The van der Waals surface area contributed by atoms with Gasteiger partial charge in [0.05, 0.1) is 29.5 Å². The summed E-state index contributed by atoms with van der Waals surface area (Å²) < 4.78 is 32.3. The Balaban J connectivity index is 2.16. The third-order valence-corrected chi connectivity index (χ3v) is 4.69. The summed E-state index contributed by atoms with van der Waals surface area (Å²) in [5.74, 6) is 0.574. The first-order valence-electron chi connectivity index (χ1n) is 7.72. The van der Waals surface area contributed by atoms with Crippen LogP contribution in [-0.4, -0.2) is 33.0 Å². The van der Waals surface area contributed by atoms with Crippen LogP contribution in [0.4, 0.5) is 5.69 Å². The highest BCUT2D eigenvalue weighted by Gasteiger charge is 2.15. The number of benzene rings is 1. The average Bonchev–Trinajstić information content (AvgIpc) is 2.59. The first kappa shape index (κ1) is 18.7. The van der Waals surface area contributed by atoms with Gasteiger partial charge in [-0.3, -0.25) is 14.5 Å². The van der Waals surface area contributed by atoms with E-state index < -0.39 is 10.0 Å². The van der Waals surface area contributed by atoms with Crippen molar-refractivity contribution in [3.63, 3.8) is 0 Å². The quantitative estimate of drug-likeness (QED) is 0.786. The maximum absolute atomic E-state index is 12.4. The summed E-state index contributed by atoms with van der Waals surface area (Å²) in [6.07, 6.45) is 2.74. The van der Waals surface area contributed by atoms with Crippen molar-refractivity contribution >= 4 is 21.6 Å². The van der Waals surface area contributed by atoms with E-state index in [9.17, 15) is 13.2 Å². The number of carbonyl (C=O) groups excluding carboxylic acids is 1. The normalized spacial score (nSPS) is 11.2. The Kier molecular flexibility index (Phi) is 5.97. The second-order valence-corrected chi connectivity index (χ2v) is 7.53. The number of pyridine rings is 1. The number of ether oxygens (including phenoxy) is 1. The molecule has 0 radical (unpaired) electrons. The molecule has 2 rings (SSSR count). The molecule has 0 spiro atoms. The van der Waals surface area contributed by atoms with Crippen LogP contribution in [0.15, 0.2) is 47.6 Å². The van der Waals surface area contributed by atoms with Gasteiger partial charge in [-0.2, -0.15) is 0 Å². The standard InChI is InChI=1S/C17H21N3O4S/c1-12(2)9-19-17(21)13-8-14(11-18-10-13)20-25(22,23)16-6-4-15(24-3)5-7-16/h4-8,10-12,20H,9H2,1-3H3,(H,19,21). The Morgan fingerprint density at radius 2 is 1.88 bits per heavy atom. The second kappa shape index (κ2) is 7.98. The highest BCUT2D eigenvalue weighted by atomic mass is 32.2. The van der Waals surface area contributed by atoms with E-state index in [1.165, 1.54) is 37.7 Å². The molecule has 2 N–H and O–H groups in total. The molecule has 0 aliphatic heterocycles. The van der Waals surface area contributed by atoms with Crippen molar-refractivity contribution in [1.29, 1.82) is 0 Å². The first-order chi connectivity index (χ1) is 11.8. The van der Waals surface area contributed by atoms with Crippen molar-refractivity contribution < 1.29 is 17.9 Å². The zero-order chi connectivity index (χ0) is 18.4. The van der Waals surface area contributed by atoms with Crippen LogP contribution in [-0.2, 0) is 10.0 Å². The number of methoxy groups -OCH3 is 1. The number of nitrogens with zero attached hydrogens (tertiary/aromatic N) is 1. The molecular weight excluding hydrogens is 342 g/mol. The number of hydrogen-bond acceptors (Lipinski definition) is 5. The average molecular weight is 363 g/mol. The van der Waals surface area contributed by atoms with E-state index >= 15 is 0 Å². The molecule has 25 heavy (non-hydrogen) atoms. The van der Waals surface area contributed by atoms with Crippen LogP contribution in [0.1, 0.15) is 24.2 Å². The summed E-state index contributed by atoms with van der Waals surface area (Å²) >= 11 is 0. The number of aromatic nitrogens is 1. The fourth-order valence-electron chi connectivity index (χ4n) is 1.99. The van der Waals surface area contributed by atoms with E-state index in [2.05, 4.69) is 15.0 Å². The van der Waals surface area contributed by atoms with Crippen molar-refractivity contribution in [3.8, 4) is 5.75 Å². The van der Waals surface area contributed by atoms with Gasteiger partial charge in [-0.15, -0.1) is 0 Å². The van der Waals surface area contributed by atoms with Gasteiger partial charge >= 0.3 is 0 Å². The van der Waals surface area contributed by atoms with Crippen LogP contribution >= 0.6 is 0 Å². The highest BCUT2D eigenvalue weighted by Crippen LogP contribution is 2.19. The summed E-state index contributed by atoms with van der Waals surface area (Å²) in [6.45, 7) is 4.50. The molecule has 2 aromatic rings. The number of amides is 1. The zero-order valence-corrected chi connectivity index (χ0v) is 15.1. The third kappa shape index (κ3) is 5.18. The highest BCUT2D eigenvalue weighted by molar-refractivity contribution is 7.92. The van der Waals surface area contributed by atoms with E-state index in [0.717, 1.165) is 0 Å². The number of rotatable bonds is 7. The van der Waals surface area contributed by atoms with Gasteiger partial charge in [0.15, 0.2) is 0 Å². The molecular formula is C17H21N3O4S. The van der Waals surface area contributed by atoms with Gasteiger partial charge in [0.1, 0.15) is 5.75 Å². The summed E-state index contributed by atoms with van der Waals surface area (Å²) in [7, 11) is -2.28. The molecule has 0 bridgehead atoms. The van der Waals surface area contributed by atoms with Crippen LogP contribution in [0.5, 0.6) is 5.75 Å². The molecule has 8 heteroatoms. The van der Waals surface area contributed by atoms with Gasteiger partial charge in [0, 0.05) is 12.7 Å². The van der Waals surface area contributed by atoms with Gasteiger partial charge in [-0.05, 0) is 36.2 Å². The number of carbonyl (C=O) groups is 1. The third-order valence-electron chi connectivity index (χ3n) is 3.29. The molecule has 0 aliphatic rings. The summed E-state index contributed by atoms with van der Waals surface area (Å²) in [6, 6.07) is 7.44. The van der Waals surface area contributed by atoms with E-state index in [1.54, 1.807) is 12.1 Å². The maximum atomic E-state index is 12.4. The van der Waals surface area contributed by atoms with Gasteiger partial charge in [0.25, 0.3) is 15.9 Å². The van der Waals surface area contributed by atoms with Crippen molar-refractivity contribution in [1.82, 2.24) is 10.3 Å². The largest absolute Gasteiger partial charge is 0.497 e. The minimum atomic E-state index is -3.78. The Morgan fingerprint density at radius 1 is 1.20 bits per heavy atom. The molecule has 0 unspecified atom stereocenters. The predicted molar refractivity (Wildman–Crippen MR) is 95.2 cm³/mol. The lowest BCUT2D eigenvalue weighted by atomic mass is 10.2. The van der Waals surface area contributed by atoms with Crippen molar-refractivity contribution in [2.45, 2.75) is 18.7 Å². The Morgan fingerprint density at radius 3 is 2.48 bits per heavy atom. The van der Waals surface area contributed by atoms with Gasteiger partial charge in [-0.25, -0.2) is 8.42 Å². The van der Waals surface area contributed by atoms with E-state index in [4.69, 9.17) is 4.74 Å². The van der Waals surface area contributed by atoms with Crippen molar-refractivity contribution in [2.24, 2.45) is 5.92 Å². The van der Waals surface area contributed by atoms with E-state index in [1.807, 2.05) is 13.8 Å².